The summed E-state index contributed by atoms with van der Waals surface area (Å²) in [6.45, 7) is 6.45. The summed E-state index contributed by atoms with van der Waals surface area (Å²) in [6, 6.07) is 16.1. The van der Waals surface area contributed by atoms with Gasteiger partial charge < -0.3 is 10.0 Å². The van der Waals surface area contributed by atoms with Crippen molar-refractivity contribution in [3.8, 4) is 0 Å². The molecule has 0 aliphatic carbocycles. The molecule has 0 bridgehead atoms. The molecular weight excluding hydrogens is 414 g/mol. The van der Waals surface area contributed by atoms with E-state index in [2.05, 4.69) is 9.71 Å². The SMILES string of the molecule is CCN(Cc1ccccc1)c1ncc(NS(=O)(=O)c2cc(C)ccc2C)cc1C(=O)O. The van der Waals surface area contributed by atoms with Gasteiger partial charge in [0.25, 0.3) is 10.0 Å². The lowest BCUT2D eigenvalue weighted by Crippen LogP contribution is -2.25. The van der Waals surface area contributed by atoms with Crippen LogP contribution in [0.5, 0.6) is 0 Å². The molecule has 2 N–H and O–H groups in total. The molecule has 1 heterocycles. The fourth-order valence-corrected chi connectivity index (χ4v) is 4.63. The number of hydrogen-bond donors (Lipinski definition) is 2. The zero-order valence-corrected chi connectivity index (χ0v) is 18.5. The number of rotatable bonds is 8. The van der Waals surface area contributed by atoms with Crippen LogP contribution in [-0.2, 0) is 16.6 Å². The monoisotopic (exact) mass is 439 g/mol. The number of anilines is 2. The minimum atomic E-state index is -3.89. The first-order valence-corrected chi connectivity index (χ1v) is 11.3. The van der Waals surface area contributed by atoms with Crippen LogP contribution >= 0.6 is 0 Å². The summed E-state index contributed by atoms with van der Waals surface area (Å²) in [7, 11) is -3.89. The number of carbonyl (C=O) groups is 1. The third-order valence-corrected chi connectivity index (χ3v) is 6.40. The maximum atomic E-state index is 12.9. The van der Waals surface area contributed by atoms with Gasteiger partial charge in [0.15, 0.2) is 0 Å². The van der Waals surface area contributed by atoms with Gasteiger partial charge in [0.2, 0.25) is 0 Å². The maximum absolute atomic E-state index is 12.9. The van der Waals surface area contributed by atoms with Crippen molar-refractivity contribution >= 4 is 27.5 Å². The third-order valence-electron chi connectivity index (χ3n) is 4.88. The molecule has 0 saturated heterocycles. The number of aryl methyl sites for hydroxylation is 2. The van der Waals surface area contributed by atoms with Crippen LogP contribution < -0.4 is 9.62 Å². The lowest BCUT2D eigenvalue weighted by Gasteiger charge is -2.24. The molecule has 0 unspecified atom stereocenters. The molecule has 162 valence electrons. The van der Waals surface area contributed by atoms with Gasteiger partial charge >= 0.3 is 5.97 Å². The van der Waals surface area contributed by atoms with Gasteiger partial charge in [-0.05, 0) is 49.6 Å². The fourth-order valence-electron chi connectivity index (χ4n) is 3.27. The van der Waals surface area contributed by atoms with Crippen molar-refractivity contribution in [1.82, 2.24) is 4.98 Å². The standard InChI is InChI=1S/C23H25N3O4S/c1-4-26(15-18-8-6-5-7-9-18)22-20(23(27)28)13-19(14-24-22)25-31(29,30)21-12-16(2)10-11-17(21)3/h5-14,25H,4,15H2,1-3H3,(H,27,28). The minimum Gasteiger partial charge on any atom is -0.478 e. The van der Waals surface area contributed by atoms with Gasteiger partial charge in [-0.2, -0.15) is 0 Å². The highest BCUT2D eigenvalue weighted by Gasteiger charge is 2.21. The average Bonchev–Trinajstić information content (AvgIpc) is 2.74. The number of pyridine rings is 1. The molecule has 0 atom stereocenters. The molecule has 2 aromatic carbocycles. The molecule has 0 fully saturated rings. The van der Waals surface area contributed by atoms with E-state index in [1.165, 1.54) is 12.3 Å². The Morgan fingerprint density at radius 3 is 2.45 bits per heavy atom. The fraction of sp³-hybridized carbons (Fsp3) is 0.217. The average molecular weight is 440 g/mol. The lowest BCUT2D eigenvalue weighted by atomic mass is 10.2. The summed E-state index contributed by atoms with van der Waals surface area (Å²) in [5, 5.41) is 9.75. The Labute approximate surface area is 182 Å². The van der Waals surface area contributed by atoms with Gasteiger partial charge in [0.05, 0.1) is 16.8 Å². The molecule has 0 saturated carbocycles. The van der Waals surface area contributed by atoms with Gasteiger partial charge in [0.1, 0.15) is 11.4 Å². The number of benzene rings is 2. The molecule has 3 aromatic rings. The molecule has 7 nitrogen and oxygen atoms in total. The van der Waals surface area contributed by atoms with E-state index >= 15 is 0 Å². The number of aromatic nitrogens is 1. The number of aromatic carboxylic acids is 1. The Kier molecular flexibility index (Phi) is 6.60. The summed E-state index contributed by atoms with van der Waals surface area (Å²) in [5.41, 5.74) is 2.45. The number of carboxylic acids is 1. The van der Waals surface area contributed by atoms with E-state index in [0.29, 0.717) is 18.7 Å². The van der Waals surface area contributed by atoms with E-state index in [1.54, 1.807) is 19.1 Å². The number of nitrogens with one attached hydrogen (secondary N) is 1. The summed E-state index contributed by atoms with van der Waals surface area (Å²) in [4.78, 5) is 18.2. The van der Waals surface area contributed by atoms with Gasteiger partial charge in [0, 0.05) is 13.1 Å². The molecule has 8 heteroatoms. The van der Waals surface area contributed by atoms with Crippen LogP contribution in [-0.4, -0.2) is 31.0 Å². The van der Waals surface area contributed by atoms with E-state index in [9.17, 15) is 18.3 Å². The number of sulfonamides is 1. The first-order valence-electron chi connectivity index (χ1n) is 9.83. The minimum absolute atomic E-state index is 0.0704. The number of nitrogens with zero attached hydrogens (tertiary/aromatic N) is 2. The van der Waals surface area contributed by atoms with E-state index in [0.717, 1.165) is 11.1 Å². The summed E-state index contributed by atoms with van der Waals surface area (Å²) >= 11 is 0. The van der Waals surface area contributed by atoms with Crippen LogP contribution in [0.25, 0.3) is 0 Å². The molecule has 1 aromatic heterocycles. The van der Waals surface area contributed by atoms with Crippen LogP contribution in [0.2, 0.25) is 0 Å². The Morgan fingerprint density at radius 2 is 1.81 bits per heavy atom. The molecule has 0 spiro atoms. The maximum Gasteiger partial charge on any atom is 0.339 e. The van der Waals surface area contributed by atoms with Crippen molar-refractivity contribution < 1.29 is 18.3 Å². The Bertz CT molecular complexity index is 1190. The number of carboxylic acid groups (broad SMARTS) is 1. The summed E-state index contributed by atoms with van der Waals surface area (Å²) in [6.07, 6.45) is 1.35. The highest BCUT2D eigenvalue weighted by atomic mass is 32.2. The molecule has 0 aliphatic heterocycles. The molecule has 31 heavy (non-hydrogen) atoms. The van der Waals surface area contributed by atoms with Crippen LogP contribution in [0.4, 0.5) is 11.5 Å². The Hall–Kier alpha value is -3.39. The zero-order chi connectivity index (χ0) is 22.6. The zero-order valence-electron chi connectivity index (χ0n) is 17.7. The molecule has 0 aliphatic rings. The number of hydrogen-bond acceptors (Lipinski definition) is 5. The molecule has 0 radical (unpaired) electrons. The van der Waals surface area contributed by atoms with Crippen molar-refractivity contribution in [2.24, 2.45) is 0 Å². The third kappa shape index (κ3) is 5.21. The normalized spacial score (nSPS) is 11.2. The second-order valence-corrected chi connectivity index (χ2v) is 8.93. The van der Waals surface area contributed by atoms with Gasteiger partial charge in [-0.3, -0.25) is 4.72 Å². The first-order chi connectivity index (χ1) is 14.7. The quantitative estimate of drug-likeness (QED) is 0.545. The Morgan fingerprint density at radius 1 is 1.10 bits per heavy atom. The van der Waals surface area contributed by atoms with Crippen LogP contribution in [0, 0.1) is 13.8 Å². The highest BCUT2D eigenvalue weighted by Crippen LogP contribution is 2.26. The van der Waals surface area contributed by atoms with Crippen molar-refractivity contribution in [1.29, 1.82) is 0 Å². The summed E-state index contributed by atoms with van der Waals surface area (Å²) < 4.78 is 28.2. The van der Waals surface area contributed by atoms with Gasteiger partial charge in [-0.15, -0.1) is 0 Å². The van der Waals surface area contributed by atoms with Crippen molar-refractivity contribution in [2.45, 2.75) is 32.2 Å². The van der Waals surface area contributed by atoms with E-state index in [-0.39, 0.29) is 22.0 Å². The Balaban J connectivity index is 1.94. The lowest BCUT2D eigenvalue weighted by molar-refractivity contribution is 0.0697. The van der Waals surface area contributed by atoms with E-state index in [1.807, 2.05) is 55.1 Å². The highest BCUT2D eigenvalue weighted by molar-refractivity contribution is 7.92. The van der Waals surface area contributed by atoms with Gasteiger partial charge in [-0.1, -0.05) is 42.5 Å². The largest absolute Gasteiger partial charge is 0.478 e. The predicted octanol–water partition coefficient (Wildman–Crippen LogP) is 4.22. The van der Waals surface area contributed by atoms with Crippen molar-refractivity contribution in [3.05, 3.63) is 83.0 Å². The van der Waals surface area contributed by atoms with E-state index < -0.39 is 16.0 Å². The van der Waals surface area contributed by atoms with Crippen LogP contribution in [0.15, 0.2) is 65.7 Å². The van der Waals surface area contributed by atoms with Crippen molar-refractivity contribution in [2.75, 3.05) is 16.2 Å². The molecular formula is C23H25N3O4S. The van der Waals surface area contributed by atoms with Crippen molar-refractivity contribution in [3.63, 3.8) is 0 Å². The second-order valence-electron chi connectivity index (χ2n) is 7.27. The van der Waals surface area contributed by atoms with Gasteiger partial charge in [-0.25, -0.2) is 18.2 Å². The first kappa shape index (κ1) is 22.3. The summed E-state index contributed by atoms with van der Waals surface area (Å²) in [5.74, 6) is -0.893. The molecule has 3 rings (SSSR count). The van der Waals surface area contributed by atoms with Crippen LogP contribution in [0.3, 0.4) is 0 Å². The molecule has 0 amide bonds. The smallest absolute Gasteiger partial charge is 0.339 e. The second kappa shape index (κ2) is 9.18. The van der Waals surface area contributed by atoms with Crippen LogP contribution in [0.1, 0.15) is 34.0 Å². The topological polar surface area (TPSA) is 99.6 Å². The van der Waals surface area contributed by atoms with E-state index in [4.69, 9.17) is 0 Å². The predicted molar refractivity (Wildman–Crippen MR) is 121 cm³/mol.